The molecule has 0 amide bonds. The summed E-state index contributed by atoms with van der Waals surface area (Å²) < 4.78 is 146. The van der Waals surface area contributed by atoms with Gasteiger partial charge in [-0.25, -0.2) is 22.0 Å². The van der Waals surface area contributed by atoms with Crippen LogP contribution in [0.3, 0.4) is 0 Å². The molecule has 0 saturated carbocycles. The van der Waals surface area contributed by atoms with Crippen molar-refractivity contribution in [1.29, 1.82) is 0 Å². The zero-order valence-corrected chi connectivity index (χ0v) is 51.8. The summed E-state index contributed by atoms with van der Waals surface area (Å²) in [5.41, 5.74) is 6.04. The molecule has 0 N–H and O–H groups in total. The van der Waals surface area contributed by atoms with Crippen LogP contribution >= 0.6 is 0 Å². The topological polar surface area (TPSA) is 29.6 Å². The van der Waals surface area contributed by atoms with Crippen LogP contribution in [0.5, 0.6) is 0 Å². The lowest BCUT2D eigenvalue weighted by atomic mass is 9.97. The lowest BCUT2D eigenvalue weighted by Gasteiger charge is -2.23. The van der Waals surface area contributed by atoms with E-state index in [9.17, 15) is 0 Å². The standard InChI is InChI=1S/C85H46F8N6/c86-80-78(81(87)83(89)84(90)82(80)88)47-41-76(98-72-37-33-48(94-64-25-9-1-17-52(64)53-18-2-10-26-65(53)94)43-60(72)61-44-49(34-38-73(61)98)95-66-27-11-3-19-54(66)55-20-4-12-28-67(55)95)79(85(91,92)93)77(42-47)99-74-39-35-50(96-68-29-13-5-21-56(68)57-22-6-14-30-69(57)96)45-62(74)63-46-51(36-40-75(63)99)97-70-31-15-7-23-58(70)59-24-8-16-32-71(59)97/h1-46H. The van der Waals surface area contributed by atoms with Crippen LogP contribution in [-0.2, 0) is 6.18 Å². The predicted octanol–water partition coefficient (Wildman–Crippen LogP) is 23.7. The van der Waals surface area contributed by atoms with Gasteiger partial charge in [-0.05, 0) is 139 Å². The first kappa shape index (κ1) is 56.6. The summed E-state index contributed by atoms with van der Waals surface area (Å²) in [7, 11) is 0. The van der Waals surface area contributed by atoms with Gasteiger partial charge in [-0.1, -0.05) is 146 Å². The first-order chi connectivity index (χ1) is 48.4. The average Bonchev–Trinajstić information content (AvgIpc) is 1.59. The van der Waals surface area contributed by atoms with Gasteiger partial charge in [-0.2, -0.15) is 13.2 Å². The van der Waals surface area contributed by atoms with Crippen molar-refractivity contribution < 1.29 is 35.1 Å². The maximum Gasteiger partial charge on any atom is 0.420 e. The monoisotopic (exact) mass is 1300 g/mol. The number of rotatable bonds is 7. The Morgan fingerprint density at radius 2 is 0.404 bits per heavy atom. The third-order valence-electron chi connectivity index (χ3n) is 20.2. The molecule has 0 unspecified atom stereocenters. The zero-order chi connectivity index (χ0) is 66.4. The smallest absolute Gasteiger partial charge is 0.309 e. The highest BCUT2D eigenvalue weighted by Gasteiger charge is 2.41. The Kier molecular flexibility index (Phi) is 11.8. The van der Waals surface area contributed by atoms with Gasteiger partial charge in [0.25, 0.3) is 0 Å². The van der Waals surface area contributed by atoms with Crippen LogP contribution < -0.4 is 0 Å². The molecule has 0 aliphatic carbocycles. The second kappa shape index (κ2) is 20.7. The van der Waals surface area contributed by atoms with Crippen LogP contribution in [0.4, 0.5) is 35.1 Å². The molecule has 99 heavy (non-hydrogen) atoms. The number of hydrogen-bond acceptors (Lipinski definition) is 0. The Bertz CT molecular complexity index is 5980. The van der Waals surface area contributed by atoms with Crippen molar-refractivity contribution in [2.75, 3.05) is 0 Å². The summed E-state index contributed by atoms with van der Waals surface area (Å²) in [5, 5.41) is 9.82. The SMILES string of the molecule is Fc1c(F)c(F)c(-c2cc(-n3c4ccc(-n5c6ccccc6c6ccccc65)cc4c4cc(-n5c6ccccc6c6ccccc65)ccc43)c(C(F)(F)F)c(-n3c4ccc(-n5c6ccccc6c6ccccc65)cc4c4cc(-n5c6ccccc6c6ccccc65)ccc43)c2)c(F)c1F. The molecule has 0 radical (unpaired) electrons. The maximum absolute atomic E-state index is 17.8. The van der Waals surface area contributed by atoms with E-state index in [1.165, 1.54) is 9.13 Å². The number of halogens is 8. The van der Waals surface area contributed by atoms with Gasteiger partial charge in [0.15, 0.2) is 23.3 Å². The molecule has 0 spiro atoms. The molecule has 0 aliphatic heterocycles. The largest absolute Gasteiger partial charge is 0.420 e. The van der Waals surface area contributed by atoms with E-state index in [2.05, 4.69) is 18.3 Å². The molecule has 6 nitrogen and oxygen atoms in total. The lowest BCUT2D eigenvalue weighted by Crippen LogP contribution is -2.16. The Hall–Kier alpha value is -12.7. The second-order valence-corrected chi connectivity index (χ2v) is 25.3. The van der Waals surface area contributed by atoms with Crippen molar-refractivity contribution in [3.63, 3.8) is 0 Å². The van der Waals surface area contributed by atoms with E-state index in [4.69, 9.17) is 0 Å². The summed E-state index contributed by atoms with van der Waals surface area (Å²) in [6.07, 6.45) is -5.32. The van der Waals surface area contributed by atoms with Crippen molar-refractivity contribution in [2.45, 2.75) is 6.18 Å². The highest BCUT2D eigenvalue weighted by atomic mass is 19.4. The van der Waals surface area contributed by atoms with Gasteiger partial charge in [0.1, 0.15) is 5.56 Å². The molecule has 20 aromatic rings. The third kappa shape index (κ3) is 7.93. The van der Waals surface area contributed by atoms with Crippen molar-refractivity contribution in [3.05, 3.63) is 314 Å². The molecule has 14 aromatic carbocycles. The lowest BCUT2D eigenvalue weighted by molar-refractivity contribution is -0.137. The minimum Gasteiger partial charge on any atom is -0.309 e. The molecule has 0 saturated heterocycles. The Labute approximate surface area is 555 Å². The molecule has 14 heteroatoms. The van der Waals surface area contributed by atoms with Gasteiger partial charge < -0.3 is 27.4 Å². The summed E-state index contributed by atoms with van der Waals surface area (Å²) in [4.78, 5) is 0. The molecule has 0 atom stereocenters. The summed E-state index contributed by atoms with van der Waals surface area (Å²) in [6.45, 7) is 0. The van der Waals surface area contributed by atoms with Crippen LogP contribution in [0.15, 0.2) is 279 Å². The number of hydrogen-bond donors (Lipinski definition) is 0. The fourth-order valence-corrected chi connectivity index (χ4v) is 16.1. The minimum absolute atomic E-state index is 0.244. The number of benzene rings is 14. The van der Waals surface area contributed by atoms with E-state index >= 15 is 35.1 Å². The quantitative estimate of drug-likeness (QED) is 0.0865. The van der Waals surface area contributed by atoms with E-state index in [0.717, 1.165) is 99.4 Å². The molecule has 6 aromatic heterocycles. The number of aromatic nitrogens is 6. The Morgan fingerprint density at radius 3 is 0.626 bits per heavy atom. The molecular formula is C85H46F8N6. The fraction of sp³-hybridized carbons (Fsp3) is 0.0118. The van der Waals surface area contributed by atoms with E-state index in [1.54, 1.807) is 24.3 Å². The van der Waals surface area contributed by atoms with Crippen LogP contribution in [0.2, 0.25) is 0 Å². The van der Waals surface area contributed by atoms with Gasteiger partial charge in [0, 0.05) is 87.4 Å². The Balaban J connectivity index is 0.928. The summed E-state index contributed by atoms with van der Waals surface area (Å²) in [5.74, 6) is -11.4. The second-order valence-electron chi connectivity index (χ2n) is 25.3. The highest BCUT2D eigenvalue weighted by molar-refractivity contribution is 6.17. The fourth-order valence-electron chi connectivity index (χ4n) is 16.1. The number of fused-ring (bicyclic) bond motifs is 18. The van der Waals surface area contributed by atoms with Gasteiger partial charge in [-0.3, -0.25) is 0 Å². The van der Waals surface area contributed by atoms with Crippen molar-refractivity contribution in [3.8, 4) is 45.3 Å². The number of alkyl halides is 3. The van der Waals surface area contributed by atoms with Gasteiger partial charge in [-0.15, -0.1) is 0 Å². The van der Waals surface area contributed by atoms with Crippen molar-refractivity contribution >= 4 is 131 Å². The van der Waals surface area contributed by atoms with E-state index < -0.39 is 63.3 Å². The minimum atomic E-state index is -5.32. The van der Waals surface area contributed by atoms with E-state index in [1.807, 2.05) is 243 Å². The molecule has 0 aliphatic rings. The van der Waals surface area contributed by atoms with E-state index in [-0.39, 0.29) is 22.1 Å². The molecule has 472 valence electrons. The first-order valence-corrected chi connectivity index (χ1v) is 32.3. The Morgan fingerprint density at radius 1 is 0.202 bits per heavy atom. The predicted molar refractivity (Wildman–Crippen MR) is 383 cm³/mol. The number of para-hydroxylation sites is 8. The van der Waals surface area contributed by atoms with Gasteiger partial charge >= 0.3 is 6.18 Å². The summed E-state index contributed by atoms with van der Waals surface area (Å²) in [6, 6.07) is 87.4. The summed E-state index contributed by atoms with van der Waals surface area (Å²) >= 11 is 0. The van der Waals surface area contributed by atoms with Crippen LogP contribution in [0.25, 0.3) is 176 Å². The van der Waals surface area contributed by atoms with Crippen LogP contribution in [-0.4, -0.2) is 27.4 Å². The highest BCUT2D eigenvalue weighted by Crippen LogP contribution is 2.50. The zero-order valence-electron chi connectivity index (χ0n) is 51.8. The maximum atomic E-state index is 17.8. The molecule has 20 rings (SSSR count). The first-order valence-electron chi connectivity index (χ1n) is 32.3. The number of nitrogens with zero attached hydrogens (tertiary/aromatic N) is 6. The molecule has 0 fully saturated rings. The van der Waals surface area contributed by atoms with Crippen molar-refractivity contribution in [1.82, 2.24) is 27.4 Å². The average molecular weight is 1300 g/mol. The van der Waals surface area contributed by atoms with Gasteiger partial charge in [0.05, 0.1) is 83.1 Å². The third-order valence-corrected chi connectivity index (χ3v) is 20.2. The van der Waals surface area contributed by atoms with E-state index in [0.29, 0.717) is 44.3 Å². The van der Waals surface area contributed by atoms with Crippen molar-refractivity contribution in [2.24, 2.45) is 0 Å². The molecule has 0 bridgehead atoms. The van der Waals surface area contributed by atoms with Crippen LogP contribution in [0, 0.1) is 29.1 Å². The molecule has 6 heterocycles. The van der Waals surface area contributed by atoms with Gasteiger partial charge in [0.2, 0.25) is 5.82 Å². The normalized spacial score (nSPS) is 12.4. The van der Waals surface area contributed by atoms with Crippen LogP contribution in [0.1, 0.15) is 5.56 Å². The molecular weight excluding hydrogens is 1260 g/mol.